The summed E-state index contributed by atoms with van der Waals surface area (Å²) in [6.45, 7) is 8.63. The molecule has 0 saturated carbocycles. The quantitative estimate of drug-likeness (QED) is 0.103. The number of benzene rings is 7. The molecule has 0 spiro atoms. The lowest BCUT2D eigenvalue weighted by Crippen LogP contribution is -2.45. The lowest BCUT2D eigenvalue weighted by atomic mass is 9.66. The zero-order valence-electron chi connectivity index (χ0n) is 31.2. The van der Waals surface area contributed by atoms with Crippen LogP contribution in [0.25, 0.3) is 22.3 Å². The highest BCUT2D eigenvalue weighted by molar-refractivity contribution is 7.85. The largest absolute Gasteiger partial charge is 0.429 e. The second-order valence-corrected chi connectivity index (χ2v) is 19.5. The summed E-state index contributed by atoms with van der Waals surface area (Å²) in [6.07, 6.45) is 0. The molecule has 0 saturated heterocycles. The van der Waals surface area contributed by atoms with E-state index in [0.29, 0.717) is 0 Å². The molecule has 265 valence electrons. The molecule has 0 aliphatic heterocycles. The molecule has 1 radical (unpaired) electrons. The molecule has 1 aliphatic rings. The average molecular weight is 738 g/mol. The highest BCUT2D eigenvalue weighted by atomic mass is 31.2. The first-order valence-corrected chi connectivity index (χ1v) is 20.9. The molecule has 1 aliphatic carbocycles. The molecule has 0 N–H and O–H groups in total. The monoisotopic (exact) mass is 737 g/mol. The fraction of sp³-hybridized carbons (Fsp3) is 0.143. The molecule has 0 aromatic heterocycles. The van der Waals surface area contributed by atoms with Gasteiger partial charge in [-0.05, 0) is 69.9 Å². The molecular formula is C49H44BO2P2. The molecule has 0 heterocycles. The first kappa shape index (κ1) is 36.2. The minimum atomic E-state index is -3.13. The molecule has 1 atom stereocenters. The van der Waals surface area contributed by atoms with Gasteiger partial charge in [-0.3, -0.25) is 0 Å². The van der Waals surface area contributed by atoms with E-state index in [1.165, 1.54) is 33.4 Å². The minimum absolute atomic E-state index is 0.188. The van der Waals surface area contributed by atoms with Crippen LogP contribution in [0.5, 0.6) is 0 Å². The summed E-state index contributed by atoms with van der Waals surface area (Å²) < 4.78 is 22.0. The third kappa shape index (κ3) is 6.04. The van der Waals surface area contributed by atoms with Crippen LogP contribution in [0.1, 0.15) is 49.9 Å². The Bertz CT molecular complexity index is 2370. The van der Waals surface area contributed by atoms with Crippen molar-refractivity contribution in [1.29, 1.82) is 0 Å². The zero-order chi connectivity index (χ0) is 37.6. The summed E-state index contributed by atoms with van der Waals surface area (Å²) in [7, 11) is 1.78. The van der Waals surface area contributed by atoms with Crippen molar-refractivity contribution in [1.82, 2.24) is 0 Å². The average Bonchev–Trinajstić information content (AvgIpc) is 3.50. The van der Waals surface area contributed by atoms with E-state index < -0.39 is 18.2 Å². The van der Waals surface area contributed by atoms with Gasteiger partial charge in [0.1, 0.15) is 0 Å². The minimum Gasteiger partial charge on any atom is -0.429 e. The Morgan fingerprint density at radius 1 is 0.519 bits per heavy atom. The summed E-state index contributed by atoms with van der Waals surface area (Å²) >= 11 is 0. The van der Waals surface area contributed by atoms with Gasteiger partial charge < -0.3 is 9.22 Å². The van der Waals surface area contributed by atoms with Crippen LogP contribution in [0.2, 0.25) is 0 Å². The second kappa shape index (κ2) is 14.1. The van der Waals surface area contributed by atoms with Gasteiger partial charge in [0.15, 0.2) is 7.14 Å². The summed E-state index contributed by atoms with van der Waals surface area (Å²) in [5.74, 6) is 0. The summed E-state index contributed by atoms with van der Waals surface area (Å²) in [6, 6.07) is 63.3. The highest BCUT2D eigenvalue weighted by Crippen LogP contribution is 2.56. The third-order valence-corrected chi connectivity index (χ3v) is 15.2. The molecule has 5 heteroatoms. The molecule has 0 bridgehead atoms. The van der Waals surface area contributed by atoms with E-state index >= 15 is 4.57 Å². The van der Waals surface area contributed by atoms with Crippen molar-refractivity contribution in [2.75, 3.05) is 0 Å². The normalized spacial score (nSPS) is 13.6. The fourth-order valence-electron chi connectivity index (χ4n) is 7.79. The number of rotatable bonds is 10. The molecule has 1 unspecified atom stereocenters. The summed E-state index contributed by atoms with van der Waals surface area (Å²) in [5, 5.41) is 2.25. The SMILES string of the molecule is CC(C)(P)C(C)(C)O[B]c1cc2c(cc1-c1ccc(P(=O)(c3ccccc3)c3ccccc3)cc1)-c1ccccc1C2(c1ccccc1)c1ccccc1. The van der Waals surface area contributed by atoms with E-state index in [0.717, 1.165) is 32.5 Å². The fourth-order valence-corrected chi connectivity index (χ4v) is 10.5. The standard InChI is InChI=1S/C49H44BO2P2/c1-47(2,48(3,4)53)52-50-46-34-45-43(41-27-17-18-28-44(41)49(45,36-19-9-5-10-20-36)37-21-11-6-12-22-37)33-42(46)35-29-31-40(32-30-35)54(51,38-23-13-7-14-24-38)39-25-15-8-16-26-39/h5-34H,53H2,1-4H3. The lowest BCUT2D eigenvalue weighted by Gasteiger charge is -2.39. The van der Waals surface area contributed by atoms with E-state index in [2.05, 4.69) is 158 Å². The van der Waals surface area contributed by atoms with Crippen LogP contribution < -0.4 is 21.4 Å². The van der Waals surface area contributed by atoms with Gasteiger partial charge >= 0.3 is 7.48 Å². The molecule has 54 heavy (non-hydrogen) atoms. The van der Waals surface area contributed by atoms with Gasteiger partial charge in [0, 0.05) is 21.1 Å². The van der Waals surface area contributed by atoms with Crippen LogP contribution in [0.4, 0.5) is 0 Å². The van der Waals surface area contributed by atoms with Crippen molar-refractivity contribution in [2.45, 2.75) is 43.9 Å². The molecule has 7 aromatic carbocycles. The second-order valence-electron chi connectivity index (χ2n) is 15.3. The van der Waals surface area contributed by atoms with Gasteiger partial charge in [-0.2, -0.15) is 0 Å². The van der Waals surface area contributed by atoms with Crippen LogP contribution in [-0.4, -0.2) is 18.2 Å². The smallest absolute Gasteiger partial charge is 0.331 e. The Kier molecular flexibility index (Phi) is 9.48. The Labute approximate surface area is 323 Å². The van der Waals surface area contributed by atoms with Crippen LogP contribution in [-0.2, 0) is 14.6 Å². The summed E-state index contributed by atoms with van der Waals surface area (Å²) in [5.41, 5.74) is 9.38. The molecular weight excluding hydrogens is 693 g/mol. The molecule has 7 aromatic rings. The van der Waals surface area contributed by atoms with E-state index in [1.807, 2.05) is 68.1 Å². The van der Waals surface area contributed by atoms with Gasteiger partial charge in [0.2, 0.25) is 0 Å². The van der Waals surface area contributed by atoms with Crippen molar-refractivity contribution in [3.05, 3.63) is 204 Å². The third-order valence-electron chi connectivity index (χ3n) is 11.4. The van der Waals surface area contributed by atoms with Crippen molar-refractivity contribution in [2.24, 2.45) is 0 Å². The number of fused-ring (bicyclic) bond motifs is 3. The lowest BCUT2D eigenvalue weighted by molar-refractivity contribution is 0.0841. The Morgan fingerprint density at radius 3 is 1.50 bits per heavy atom. The van der Waals surface area contributed by atoms with Gasteiger partial charge in [-0.1, -0.05) is 190 Å². The topological polar surface area (TPSA) is 26.3 Å². The predicted molar refractivity (Wildman–Crippen MR) is 233 cm³/mol. The van der Waals surface area contributed by atoms with Crippen LogP contribution >= 0.6 is 16.4 Å². The summed E-state index contributed by atoms with van der Waals surface area (Å²) in [4.78, 5) is 0. The molecule has 0 amide bonds. The van der Waals surface area contributed by atoms with Gasteiger partial charge in [-0.25, -0.2) is 0 Å². The van der Waals surface area contributed by atoms with Crippen molar-refractivity contribution < 1.29 is 9.22 Å². The first-order chi connectivity index (χ1) is 26.0. The molecule has 8 rings (SSSR count). The molecule has 2 nitrogen and oxygen atoms in total. The van der Waals surface area contributed by atoms with Gasteiger partial charge in [0.25, 0.3) is 0 Å². The maximum absolute atomic E-state index is 15.2. The Balaban J connectivity index is 1.35. The zero-order valence-corrected chi connectivity index (χ0v) is 33.3. The van der Waals surface area contributed by atoms with Crippen LogP contribution in [0.3, 0.4) is 0 Å². The number of hydrogen-bond acceptors (Lipinski definition) is 2. The maximum Gasteiger partial charge on any atom is 0.331 e. The van der Waals surface area contributed by atoms with Crippen molar-refractivity contribution in [3.63, 3.8) is 0 Å². The van der Waals surface area contributed by atoms with Gasteiger partial charge in [-0.15, -0.1) is 9.24 Å². The Morgan fingerprint density at radius 2 is 0.981 bits per heavy atom. The van der Waals surface area contributed by atoms with E-state index in [4.69, 9.17) is 4.65 Å². The predicted octanol–water partition coefficient (Wildman–Crippen LogP) is 10.0. The first-order valence-electron chi connectivity index (χ1n) is 18.6. The highest BCUT2D eigenvalue weighted by Gasteiger charge is 2.46. The van der Waals surface area contributed by atoms with Crippen LogP contribution in [0.15, 0.2) is 182 Å². The van der Waals surface area contributed by atoms with E-state index in [-0.39, 0.29) is 5.16 Å². The van der Waals surface area contributed by atoms with Gasteiger partial charge in [0.05, 0.1) is 11.0 Å². The van der Waals surface area contributed by atoms with Crippen LogP contribution in [0, 0.1) is 0 Å². The van der Waals surface area contributed by atoms with E-state index in [9.17, 15) is 0 Å². The molecule has 0 fully saturated rings. The van der Waals surface area contributed by atoms with Crippen molar-refractivity contribution in [3.8, 4) is 22.3 Å². The van der Waals surface area contributed by atoms with Crippen molar-refractivity contribution >= 4 is 45.2 Å². The maximum atomic E-state index is 15.2. The Hall–Kier alpha value is -4.78. The number of hydrogen-bond donors (Lipinski definition) is 0. The van der Waals surface area contributed by atoms with E-state index in [1.54, 1.807) is 0 Å².